The summed E-state index contributed by atoms with van der Waals surface area (Å²) < 4.78 is 0. The van der Waals surface area contributed by atoms with Crippen LogP contribution >= 0.6 is 0 Å². The van der Waals surface area contributed by atoms with Gasteiger partial charge in [-0.25, -0.2) is 0 Å². The fourth-order valence-corrected chi connectivity index (χ4v) is 4.10. The van der Waals surface area contributed by atoms with Crippen molar-refractivity contribution in [3.8, 4) is 0 Å². The van der Waals surface area contributed by atoms with E-state index in [9.17, 15) is 4.79 Å². The lowest BCUT2D eigenvalue weighted by Gasteiger charge is -2.35. The zero-order chi connectivity index (χ0) is 19.2. The van der Waals surface area contributed by atoms with Gasteiger partial charge in [-0.15, -0.1) is 10.2 Å². The van der Waals surface area contributed by atoms with E-state index in [0.717, 1.165) is 51.4 Å². The third kappa shape index (κ3) is 4.87. The Morgan fingerprint density at radius 2 is 1.68 bits per heavy atom. The Morgan fingerprint density at radius 1 is 0.929 bits per heavy atom. The number of carbonyl (C=O) groups excluding carboxylic acids is 1. The molecule has 2 fully saturated rings. The first-order valence-corrected chi connectivity index (χ1v) is 10.4. The molecule has 6 nitrogen and oxygen atoms in total. The van der Waals surface area contributed by atoms with Gasteiger partial charge in [0.2, 0.25) is 0 Å². The van der Waals surface area contributed by atoms with Gasteiger partial charge in [0.05, 0.1) is 0 Å². The quantitative estimate of drug-likeness (QED) is 0.866. The minimum Gasteiger partial charge on any atom is -0.353 e. The van der Waals surface area contributed by atoms with E-state index >= 15 is 0 Å². The molecule has 2 heterocycles. The lowest BCUT2D eigenvalue weighted by molar-refractivity contribution is 0.0921. The second-order valence-electron chi connectivity index (χ2n) is 7.83. The monoisotopic (exact) mass is 379 g/mol. The molecule has 0 atom stereocenters. The highest BCUT2D eigenvalue weighted by molar-refractivity contribution is 5.92. The number of aromatic nitrogens is 2. The molecule has 148 valence electrons. The van der Waals surface area contributed by atoms with Crippen LogP contribution in [0, 0.1) is 0 Å². The zero-order valence-corrected chi connectivity index (χ0v) is 16.4. The highest BCUT2D eigenvalue weighted by atomic mass is 16.2. The van der Waals surface area contributed by atoms with Crippen molar-refractivity contribution < 1.29 is 4.79 Å². The van der Waals surface area contributed by atoms with Gasteiger partial charge in [-0.2, -0.15) is 0 Å². The van der Waals surface area contributed by atoms with Crippen molar-refractivity contribution in [3.63, 3.8) is 0 Å². The number of piperazine rings is 1. The minimum absolute atomic E-state index is 0.0985. The molecule has 1 aromatic carbocycles. The number of nitrogens with one attached hydrogen (secondary N) is 1. The summed E-state index contributed by atoms with van der Waals surface area (Å²) in [6.07, 6.45) is 5.83. The van der Waals surface area contributed by atoms with E-state index in [4.69, 9.17) is 0 Å². The summed E-state index contributed by atoms with van der Waals surface area (Å²) >= 11 is 0. The number of hydrogen-bond donors (Lipinski definition) is 1. The van der Waals surface area contributed by atoms with Crippen LogP contribution in [0.5, 0.6) is 0 Å². The third-order valence-electron chi connectivity index (χ3n) is 5.77. The van der Waals surface area contributed by atoms with Crippen molar-refractivity contribution in [2.24, 2.45) is 0 Å². The maximum Gasteiger partial charge on any atom is 0.272 e. The van der Waals surface area contributed by atoms with Crippen LogP contribution in [-0.4, -0.2) is 53.2 Å². The van der Waals surface area contributed by atoms with Gasteiger partial charge in [-0.05, 0) is 30.5 Å². The van der Waals surface area contributed by atoms with Crippen molar-refractivity contribution >= 4 is 11.7 Å². The molecule has 0 radical (unpaired) electrons. The molecule has 1 N–H and O–H groups in total. The second-order valence-corrected chi connectivity index (χ2v) is 7.83. The number of anilines is 1. The van der Waals surface area contributed by atoms with Gasteiger partial charge >= 0.3 is 0 Å². The van der Waals surface area contributed by atoms with Crippen molar-refractivity contribution in [2.75, 3.05) is 31.1 Å². The average Bonchev–Trinajstić information content (AvgIpc) is 2.76. The molecule has 1 saturated heterocycles. The third-order valence-corrected chi connectivity index (χ3v) is 5.77. The van der Waals surface area contributed by atoms with Crippen LogP contribution in [0.3, 0.4) is 0 Å². The number of nitrogens with zero attached hydrogens (tertiary/aromatic N) is 4. The average molecular weight is 380 g/mol. The molecule has 1 aliphatic heterocycles. The van der Waals surface area contributed by atoms with Crippen LogP contribution in [0.4, 0.5) is 5.82 Å². The van der Waals surface area contributed by atoms with Crippen molar-refractivity contribution in [3.05, 3.63) is 53.7 Å². The molecule has 0 unspecified atom stereocenters. The summed E-state index contributed by atoms with van der Waals surface area (Å²) in [6.45, 7) is 4.84. The molecule has 1 aliphatic carbocycles. The van der Waals surface area contributed by atoms with Gasteiger partial charge in [-0.3, -0.25) is 9.69 Å². The van der Waals surface area contributed by atoms with Crippen molar-refractivity contribution in [2.45, 2.75) is 44.7 Å². The van der Waals surface area contributed by atoms with Crippen LogP contribution in [0.1, 0.15) is 48.2 Å². The number of carbonyl (C=O) groups is 1. The smallest absolute Gasteiger partial charge is 0.272 e. The fourth-order valence-electron chi connectivity index (χ4n) is 4.10. The van der Waals surface area contributed by atoms with E-state index in [1.54, 1.807) is 6.07 Å². The fraction of sp³-hybridized carbons (Fsp3) is 0.500. The van der Waals surface area contributed by atoms with Gasteiger partial charge in [0.1, 0.15) is 0 Å². The van der Waals surface area contributed by atoms with E-state index < -0.39 is 0 Å². The van der Waals surface area contributed by atoms with Gasteiger partial charge in [0.15, 0.2) is 11.5 Å². The summed E-state index contributed by atoms with van der Waals surface area (Å²) in [5.41, 5.74) is 1.76. The lowest BCUT2D eigenvalue weighted by Crippen LogP contribution is -2.46. The molecule has 0 bridgehead atoms. The molecule has 0 spiro atoms. The summed E-state index contributed by atoms with van der Waals surface area (Å²) in [7, 11) is 0. The molecule has 6 heteroatoms. The van der Waals surface area contributed by atoms with Gasteiger partial charge in [-0.1, -0.05) is 49.6 Å². The minimum atomic E-state index is -0.0985. The summed E-state index contributed by atoms with van der Waals surface area (Å²) in [6, 6.07) is 14.6. The van der Waals surface area contributed by atoms with Crippen molar-refractivity contribution in [1.82, 2.24) is 20.4 Å². The summed E-state index contributed by atoms with van der Waals surface area (Å²) in [4.78, 5) is 17.1. The van der Waals surface area contributed by atoms with Crippen LogP contribution in [0.15, 0.2) is 42.5 Å². The number of amides is 1. The van der Waals surface area contributed by atoms with E-state index in [0.29, 0.717) is 11.7 Å². The Kier molecular flexibility index (Phi) is 6.17. The first kappa shape index (κ1) is 18.9. The molecule has 1 aromatic heterocycles. The van der Waals surface area contributed by atoms with Gasteiger partial charge in [0, 0.05) is 38.8 Å². The van der Waals surface area contributed by atoms with Gasteiger partial charge in [0.25, 0.3) is 5.91 Å². The van der Waals surface area contributed by atoms with Crippen LogP contribution < -0.4 is 10.2 Å². The Balaban J connectivity index is 1.28. The van der Waals surface area contributed by atoms with E-state index in [1.807, 2.05) is 6.07 Å². The second kappa shape index (κ2) is 9.15. The predicted molar refractivity (Wildman–Crippen MR) is 110 cm³/mol. The normalized spacial score (nSPS) is 18.8. The Bertz CT molecular complexity index is 750. The maximum absolute atomic E-state index is 12.4. The molecule has 2 aliphatic rings. The van der Waals surface area contributed by atoms with E-state index in [-0.39, 0.29) is 5.91 Å². The number of benzene rings is 1. The lowest BCUT2D eigenvalue weighted by atomic mass is 9.95. The van der Waals surface area contributed by atoms with Crippen LogP contribution in [-0.2, 0) is 6.54 Å². The zero-order valence-electron chi connectivity index (χ0n) is 16.4. The van der Waals surface area contributed by atoms with Crippen molar-refractivity contribution in [1.29, 1.82) is 0 Å². The molecule has 4 rings (SSSR count). The summed E-state index contributed by atoms with van der Waals surface area (Å²) in [5.74, 6) is 0.757. The molecule has 1 saturated carbocycles. The highest BCUT2D eigenvalue weighted by Crippen LogP contribution is 2.18. The molecular weight excluding hydrogens is 350 g/mol. The number of hydrogen-bond acceptors (Lipinski definition) is 5. The molecule has 28 heavy (non-hydrogen) atoms. The largest absolute Gasteiger partial charge is 0.353 e. The highest BCUT2D eigenvalue weighted by Gasteiger charge is 2.20. The first-order chi connectivity index (χ1) is 13.8. The SMILES string of the molecule is O=C(NC1CCCCC1)c1ccc(N2CCN(Cc3ccccc3)CC2)nn1. The van der Waals surface area contributed by atoms with Crippen LogP contribution in [0.2, 0.25) is 0 Å². The van der Waals surface area contributed by atoms with Gasteiger partial charge < -0.3 is 10.2 Å². The molecule has 1 amide bonds. The number of rotatable bonds is 5. The van der Waals surface area contributed by atoms with E-state index in [1.165, 1.54) is 24.8 Å². The maximum atomic E-state index is 12.4. The Morgan fingerprint density at radius 3 is 2.36 bits per heavy atom. The topological polar surface area (TPSA) is 61.4 Å². The Labute approximate surface area is 166 Å². The predicted octanol–water partition coefficient (Wildman–Crippen LogP) is 2.86. The standard InChI is InChI=1S/C22H29N5O/c28-22(23-19-9-5-2-6-10-19)20-11-12-21(25-24-20)27-15-13-26(14-16-27)17-18-7-3-1-4-8-18/h1,3-4,7-8,11-12,19H,2,5-6,9-10,13-17H2,(H,23,28). The first-order valence-electron chi connectivity index (χ1n) is 10.4. The molecule has 2 aromatic rings. The van der Waals surface area contributed by atoms with Crippen LogP contribution in [0.25, 0.3) is 0 Å². The molecular formula is C22H29N5O. The van der Waals surface area contributed by atoms with E-state index in [2.05, 4.69) is 55.6 Å². The Hall–Kier alpha value is -2.47. The summed E-state index contributed by atoms with van der Waals surface area (Å²) in [5, 5.41) is 11.6.